The highest BCUT2D eigenvalue weighted by molar-refractivity contribution is 7.86. The van der Waals surface area contributed by atoms with E-state index in [2.05, 4.69) is 0 Å². The number of amides is 1. The molecule has 2 unspecified atom stereocenters. The Bertz CT molecular complexity index is 946. The minimum absolute atomic E-state index is 0.155. The van der Waals surface area contributed by atoms with Gasteiger partial charge in [-0.1, -0.05) is 0 Å². The Balaban J connectivity index is 1.54. The van der Waals surface area contributed by atoms with E-state index in [1.165, 1.54) is 8.61 Å². The zero-order valence-electron chi connectivity index (χ0n) is 18.7. The predicted octanol–water partition coefficient (Wildman–Crippen LogP) is 0.834. The molecule has 0 bridgehead atoms. The molecule has 10 nitrogen and oxygen atoms in total. The number of morpholine rings is 1. The maximum atomic E-state index is 13.0. The van der Waals surface area contributed by atoms with E-state index < -0.39 is 10.2 Å². The van der Waals surface area contributed by atoms with E-state index in [1.807, 2.05) is 26.8 Å². The number of ether oxygens (including phenoxy) is 3. The lowest BCUT2D eigenvalue weighted by atomic mass is 10.2. The maximum Gasteiger partial charge on any atom is 0.282 e. The van der Waals surface area contributed by atoms with Crippen LogP contribution in [0.2, 0.25) is 0 Å². The van der Waals surface area contributed by atoms with E-state index in [0.717, 1.165) is 0 Å². The molecule has 0 spiro atoms. The van der Waals surface area contributed by atoms with Gasteiger partial charge in [-0.2, -0.15) is 22.3 Å². The van der Waals surface area contributed by atoms with Gasteiger partial charge in [0.2, 0.25) is 0 Å². The van der Waals surface area contributed by atoms with Crippen LogP contribution >= 0.6 is 0 Å². The van der Waals surface area contributed by atoms with Crippen molar-refractivity contribution in [2.24, 2.45) is 0 Å². The second kappa shape index (κ2) is 10.5. The van der Waals surface area contributed by atoms with Crippen molar-refractivity contribution in [1.82, 2.24) is 13.5 Å². The van der Waals surface area contributed by atoms with Crippen molar-refractivity contribution < 1.29 is 27.4 Å². The minimum atomic E-state index is -3.60. The number of nitriles is 1. The van der Waals surface area contributed by atoms with Gasteiger partial charge >= 0.3 is 0 Å². The van der Waals surface area contributed by atoms with Gasteiger partial charge in [0.05, 0.1) is 30.4 Å². The molecule has 0 saturated carbocycles. The lowest BCUT2D eigenvalue weighted by Crippen LogP contribution is -2.58. The molecule has 11 heteroatoms. The quantitative estimate of drug-likeness (QED) is 0.585. The monoisotopic (exact) mass is 466 g/mol. The second-order valence-electron chi connectivity index (χ2n) is 7.86. The Morgan fingerprint density at radius 1 is 1.09 bits per heavy atom. The van der Waals surface area contributed by atoms with Crippen LogP contribution in [-0.2, 0) is 19.7 Å². The molecule has 0 aromatic heterocycles. The zero-order chi connectivity index (χ0) is 23.3. The molecular weight excluding hydrogens is 436 g/mol. The van der Waals surface area contributed by atoms with E-state index in [0.29, 0.717) is 49.8 Å². The molecule has 32 heavy (non-hydrogen) atoms. The summed E-state index contributed by atoms with van der Waals surface area (Å²) in [5, 5.41) is 9.03. The molecule has 0 aliphatic carbocycles. The second-order valence-corrected chi connectivity index (χ2v) is 9.79. The number of carbonyl (C=O) groups is 1. The summed E-state index contributed by atoms with van der Waals surface area (Å²) in [6.45, 7) is 7.45. The van der Waals surface area contributed by atoms with Crippen molar-refractivity contribution in [3.8, 4) is 17.6 Å². The van der Waals surface area contributed by atoms with Gasteiger partial charge in [0.15, 0.2) is 18.1 Å². The van der Waals surface area contributed by atoms with Gasteiger partial charge in [0.25, 0.3) is 16.1 Å². The van der Waals surface area contributed by atoms with Crippen LogP contribution in [-0.4, -0.2) is 92.5 Å². The van der Waals surface area contributed by atoms with Crippen molar-refractivity contribution >= 4 is 16.1 Å². The van der Waals surface area contributed by atoms with Gasteiger partial charge in [0, 0.05) is 45.3 Å². The van der Waals surface area contributed by atoms with Crippen molar-refractivity contribution in [3.63, 3.8) is 0 Å². The van der Waals surface area contributed by atoms with Crippen molar-refractivity contribution in [2.75, 3.05) is 52.5 Å². The van der Waals surface area contributed by atoms with Crippen LogP contribution in [0.25, 0.3) is 0 Å². The maximum absolute atomic E-state index is 13.0. The van der Waals surface area contributed by atoms with Gasteiger partial charge in [-0.15, -0.1) is 0 Å². The van der Waals surface area contributed by atoms with Crippen LogP contribution < -0.4 is 9.47 Å². The summed E-state index contributed by atoms with van der Waals surface area (Å²) in [4.78, 5) is 14.2. The Kier molecular flexibility index (Phi) is 7.95. The van der Waals surface area contributed by atoms with E-state index in [4.69, 9.17) is 19.5 Å². The van der Waals surface area contributed by atoms with Crippen LogP contribution in [0.5, 0.6) is 11.5 Å². The summed E-state index contributed by atoms with van der Waals surface area (Å²) >= 11 is 0. The average molecular weight is 467 g/mol. The van der Waals surface area contributed by atoms with Gasteiger partial charge < -0.3 is 19.1 Å². The first-order valence-corrected chi connectivity index (χ1v) is 12.1. The molecule has 2 saturated heterocycles. The Morgan fingerprint density at radius 3 is 2.34 bits per heavy atom. The van der Waals surface area contributed by atoms with Crippen LogP contribution in [0.1, 0.15) is 26.3 Å². The third kappa shape index (κ3) is 5.69. The Hall–Kier alpha value is -2.39. The molecule has 3 rings (SSSR count). The van der Waals surface area contributed by atoms with Crippen LogP contribution in [0.3, 0.4) is 0 Å². The van der Waals surface area contributed by atoms with Crippen LogP contribution in [0.15, 0.2) is 18.2 Å². The van der Waals surface area contributed by atoms with E-state index in [1.54, 1.807) is 23.1 Å². The summed E-state index contributed by atoms with van der Waals surface area (Å²) in [7, 11) is -3.60. The fourth-order valence-electron chi connectivity index (χ4n) is 3.85. The van der Waals surface area contributed by atoms with Gasteiger partial charge in [-0.25, -0.2) is 0 Å². The molecule has 1 amide bonds. The summed E-state index contributed by atoms with van der Waals surface area (Å²) in [5.74, 6) is 0.558. The van der Waals surface area contributed by atoms with Gasteiger partial charge in [0.1, 0.15) is 0 Å². The first-order valence-electron chi connectivity index (χ1n) is 10.7. The smallest absolute Gasteiger partial charge is 0.282 e. The largest absolute Gasteiger partial charge is 0.490 e. The highest BCUT2D eigenvalue weighted by Gasteiger charge is 2.37. The SMILES string of the molecule is CCOc1cc(C#N)ccc1OCC(=O)N1CCN(S(=O)(=O)N2CC(C)OC(C)C2)CC1. The van der Waals surface area contributed by atoms with Crippen molar-refractivity contribution in [1.29, 1.82) is 5.26 Å². The van der Waals surface area contributed by atoms with E-state index in [-0.39, 0.29) is 37.8 Å². The summed E-state index contributed by atoms with van der Waals surface area (Å²) in [5.41, 5.74) is 0.438. The van der Waals surface area contributed by atoms with Gasteiger partial charge in [-0.3, -0.25) is 4.79 Å². The molecule has 2 atom stereocenters. The summed E-state index contributed by atoms with van der Waals surface area (Å²) < 4.78 is 45.7. The van der Waals surface area contributed by atoms with Crippen LogP contribution in [0, 0.1) is 11.3 Å². The number of piperazine rings is 1. The fourth-order valence-corrected chi connectivity index (χ4v) is 5.59. The summed E-state index contributed by atoms with van der Waals surface area (Å²) in [6.07, 6.45) is -0.310. The molecule has 1 aromatic rings. The first-order chi connectivity index (χ1) is 15.2. The molecule has 0 radical (unpaired) electrons. The number of hydrogen-bond acceptors (Lipinski definition) is 7. The van der Waals surface area contributed by atoms with Gasteiger partial charge in [-0.05, 0) is 32.9 Å². The Morgan fingerprint density at radius 2 is 1.75 bits per heavy atom. The molecule has 2 aliphatic rings. The highest BCUT2D eigenvalue weighted by atomic mass is 32.2. The zero-order valence-corrected chi connectivity index (χ0v) is 19.5. The highest BCUT2D eigenvalue weighted by Crippen LogP contribution is 2.28. The standard InChI is InChI=1S/C21H30N4O6S/c1-4-29-20-11-18(12-22)5-6-19(20)30-15-21(26)23-7-9-24(10-8-23)32(27,28)25-13-16(2)31-17(3)14-25/h5-6,11,16-17H,4,7-10,13-15H2,1-3H3. The van der Waals surface area contributed by atoms with E-state index >= 15 is 0 Å². The lowest BCUT2D eigenvalue weighted by molar-refractivity contribution is -0.134. The average Bonchev–Trinajstić information content (AvgIpc) is 2.77. The predicted molar refractivity (Wildman–Crippen MR) is 116 cm³/mol. The van der Waals surface area contributed by atoms with Crippen molar-refractivity contribution in [2.45, 2.75) is 33.0 Å². The third-order valence-corrected chi connectivity index (χ3v) is 7.32. The molecular formula is C21H30N4O6S. The minimum Gasteiger partial charge on any atom is -0.490 e. The molecule has 0 N–H and O–H groups in total. The third-order valence-electron chi connectivity index (χ3n) is 5.35. The molecule has 176 valence electrons. The Labute approximate surface area is 189 Å². The number of benzene rings is 1. The fraction of sp³-hybridized carbons (Fsp3) is 0.619. The number of rotatable bonds is 7. The first kappa shape index (κ1) is 24.3. The molecule has 2 aliphatic heterocycles. The molecule has 2 fully saturated rings. The summed E-state index contributed by atoms with van der Waals surface area (Å²) in [6, 6.07) is 6.81. The molecule has 2 heterocycles. The van der Waals surface area contributed by atoms with E-state index in [9.17, 15) is 13.2 Å². The molecule has 1 aromatic carbocycles. The number of carbonyl (C=O) groups excluding carboxylic acids is 1. The van der Waals surface area contributed by atoms with Crippen molar-refractivity contribution in [3.05, 3.63) is 23.8 Å². The normalized spacial score (nSPS) is 22.9. The van der Waals surface area contributed by atoms with Crippen LogP contribution in [0.4, 0.5) is 0 Å². The topological polar surface area (TPSA) is 112 Å². The number of hydrogen-bond donors (Lipinski definition) is 0. The lowest BCUT2D eigenvalue weighted by Gasteiger charge is -2.40. The number of nitrogens with zero attached hydrogens (tertiary/aromatic N) is 4.